The lowest BCUT2D eigenvalue weighted by molar-refractivity contribution is 0.653. The van der Waals surface area contributed by atoms with E-state index >= 15 is 0 Å². The fourth-order valence-electron chi connectivity index (χ4n) is 2.04. The van der Waals surface area contributed by atoms with Gasteiger partial charge in [-0.25, -0.2) is 0 Å². The quantitative estimate of drug-likeness (QED) is 0.779. The van der Waals surface area contributed by atoms with Gasteiger partial charge in [0.05, 0.1) is 11.4 Å². The first-order valence-corrected chi connectivity index (χ1v) is 6.21. The monoisotopic (exact) mass is 300 g/mol. The summed E-state index contributed by atoms with van der Waals surface area (Å²) < 4.78 is 1.29. The van der Waals surface area contributed by atoms with Crippen molar-refractivity contribution in [2.75, 3.05) is 17.2 Å². The van der Waals surface area contributed by atoms with Crippen LogP contribution in [-0.2, 0) is 0 Å². The average molecular weight is 300 g/mol. The van der Waals surface area contributed by atoms with E-state index < -0.39 is 0 Å². The van der Waals surface area contributed by atoms with Gasteiger partial charge in [0.2, 0.25) is 0 Å². The Hall–Kier alpha value is -0.450. The van der Waals surface area contributed by atoms with E-state index in [1.807, 2.05) is 0 Å². The van der Waals surface area contributed by atoms with Crippen LogP contribution in [0.15, 0.2) is 18.2 Å². The van der Waals surface area contributed by atoms with Gasteiger partial charge in [0, 0.05) is 16.2 Å². The van der Waals surface area contributed by atoms with Gasteiger partial charge in [0.15, 0.2) is 0 Å². The van der Waals surface area contributed by atoms with Crippen LogP contribution in [0.25, 0.3) is 0 Å². The molecule has 2 aliphatic rings. The van der Waals surface area contributed by atoms with Gasteiger partial charge in [-0.15, -0.1) is 0 Å². The van der Waals surface area contributed by atoms with Crippen molar-refractivity contribution in [3.05, 3.63) is 21.8 Å². The number of halogens is 1. The second-order valence-corrected chi connectivity index (χ2v) is 5.40. The van der Waals surface area contributed by atoms with Gasteiger partial charge in [0.25, 0.3) is 0 Å². The molecule has 3 heteroatoms. The summed E-state index contributed by atoms with van der Waals surface area (Å²) in [5.74, 6) is 0.912. The van der Waals surface area contributed by atoms with Gasteiger partial charge in [-0.3, -0.25) is 0 Å². The molecule has 74 valence electrons. The molecular formula is C11H13IN2. The van der Waals surface area contributed by atoms with Crippen molar-refractivity contribution in [2.24, 2.45) is 5.92 Å². The highest BCUT2D eigenvalue weighted by molar-refractivity contribution is 14.1. The smallest absolute Gasteiger partial charge is 0.0587 e. The molecular weight excluding hydrogens is 287 g/mol. The largest absolute Gasteiger partial charge is 0.381 e. The standard InChI is InChI=1S/C11H13IN2/c12-8-3-4-9-10(5-8)13-6-11(14-9)7-1-2-7/h3-5,7,11,13-14H,1-2,6H2. The number of rotatable bonds is 1. The first kappa shape index (κ1) is 8.83. The van der Waals surface area contributed by atoms with Crippen molar-refractivity contribution in [3.63, 3.8) is 0 Å². The van der Waals surface area contributed by atoms with E-state index in [0.29, 0.717) is 6.04 Å². The van der Waals surface area contributed by atoms with E-state index in [2.05, 4.69) is 51.4 Å². The predicted molar refractivity (Wildman–Crippen MR) is 67.8 cm³/mol. The third kappa shape index (κ3) is 1.58. The van der Waals surface area contributed by atoms with Crippen LogP contribution in [0.1, 0.15) is 12.8 Å². The number of hydrogen-bond donors (Lipinski definition) is 2. The SMILES string of the molecule is Ic1ccc2c(c1)NCC(C1CC1)N2. The van der Waals surface area contributed by atoms with Crippen LogP contribution in [0.4, 0.5) is 11.4 Å². The molecule has 1 atom stereocenters. The molecule has 3 rings (SSSR count). The molecule has 1 heterocycles. The maximum Gasteiger partial charge on any atom is 0.0587 e. The fraction of sp³-hybridized carbons (Fsp3) is 0.455. The first-order valence-electron chi connectivity index (χ1n) is 5.13. The van der Waals surface area contributed by atoms with Crippen molar-refractivity contribution < 1.29 is 0 Å². The minimum absolute atomic E-state index is 0.655. The summed E-state index contributed by atoms with van der Waals surface area (Å²) in [6.45, 7) is 1.08. The normalized spacial score (nSPS) is 24.8. The second-order valence-electron chi connectivity index (χ2n) is 4.16. The molecule has 1 saturated carbocycles. The minimum atomic E-state index is 0.655. The molecule has 1 fully saturated rings. The van der Waals surface area contributed by atoms with Crippen molar-refractivity contribution in [1.29, 1.82) is 0 Å². The summed E-state index contributed by atoms with van der Waals surface area (Å²) in [7, 11) is 0. The van der Waals surface area contributed by atoms with Crippen molar-refractivity contribution >= 4 is 34.0 Å². The van der Waals surface area contributed by atoms with Gasteiger partial charge in [-0.05, 0) is 59.5 Å². The van der Waals surface area contributed by atoms with Crippen LogP contribution >= 0.6 is 22.6 Å². The zero-order chi connectivity index (χ0) is 9.54. The summed E-state index contributed by atoms with van der Waals surface area (Å²) >= 11 is 2.35. The van der Waals surface area contributed by atoms with Gasteiger partial charge in [0.1, 0.15) is 0 Å². The molecule has 1 aliphatic heterocycles. The predicted octanol–water partition coefficient (Wildman–Crippen LogP) is 2.91. The molecule has 14 heavy (non-hydrogen) atoms. The van der Waals surface area contributed by atoms with Gasteiger partial charge < -0.3 is 10.6 Å². The number of anilines is 2. The Morgan fingerprint density at radius 3 is 2.86 bits per heavy atom. The molecule has 1 aliphatic carbocycles. The first-order chi connectivity index (χ1) is 6.83. The summed E-state index contributed by atoms with van der Waals surface area (Å²) in [6, 6.07) is 7.19. The maximum absolute atomic E-state index is 3.62. The molecule has 0 radical (unpaired) electrons. The maximum atomic E-state index is 3.62. The van der Waals surface area contributed by atoms with Crippen LogP contribution in [0, 0.1) is 9.49 Å². The molecule has 2 nitrogen and oxygen atoms in total. The zero-order valence-corrected chi connectivity index (χ0v) is 10.0. The molecule has 0 bridgehead atoms. The van der Waals surface area contributed by atoms with E-state index in [1.165, 1.54) is 27.8 Å². The van der Waals surface area contributed by atoms with Crippen molar-refractivity contribution in [1.82, 2.24) is 0 Å². The Morgan fingerprint density at radius 2 is 2.07 bits per heavy atom. The highest BCUT2D eigenvalue weighted by Gasteiger charge is 2.33. The fourth-order valence-corrected chi connectivity index (χ4v) is 2.53. The molecule has 1 aromatic rings. The molecule has 0 amide bonds. The zero-order valence-electron chi connectivity index (χ0n) is 7.89. The minimum Gasteiger partial charge on any atom is -0.381 e. The Bertz CT molecular complexity index is 360. The van der Waals surface area contributed by atoms with E-state index in [-0.39, 0.29) is 0 Å². The van der Waals surface area contributed by atoms with Crippen molar-refractivity contribution in [3.8, 4) is 0 Å². The molecule has 0 aromatic heterocycles. The Morgan fingerprint density at radius 1 is 1.21 bits per heavy atom. The van der Waals surface area contributed by atoms with E-state index in [0.717, 1.165) is 12.5 Å². The van der Waals surface area contributed by atoms with Crippen LogP contribution in [-0.4, -0.2) is 12.6 Å². The van der Waals surface area contributed by atoms with E-state index in [9.17, 15) is 0 Å². The van der Waals surface area contributed by atoms with Crippen LogP contribution < -0.4 is 10.6 Å². The Kier molecular flexibility index (Phi) is 2.08. The van der Waals surface area contributed by atoms with Crippen LogP contribution in [0.5, 0.6) is 0 Å². The molecule has 0 saturated heterocycles. The third-order valence-electron chi connectivity index (χ3n) is 3.03. The van der Waals surface area contributed by atoms with E-state index in [4.69, 9.17) is 0 Å². The van der Waals surface area contributed by atoms with Gasteiger partial charge >= 0.3 is 0 Å². The number of nitrogens with one attached hydrogen (secondary N) is 2. The molecule has 2 N–H and O–H groups in total. The van der Waals surface area contributed by atoms with Crippen molar-refractivity contribution in [2.45, 2.75) is 18.9 Å². The Labute approximate surface area is 97.6 Å². The lowest BCUT2D eigenvalue weighted by Gasteiger charge is -2.28. The van der Waals surface area contributed by atoms with Gasteiger partial charge in [-0.2, -0.15) is 0 Å². The third-order valence-corrected chi connectivity index (χ3v) is 3.70. The van der Waals surface area contributed by atoms with Crippen LogP contribution in [0.3, 0.4) is 0 Å². The molecule has 1 aromatic carbocycles. The summed E-state index contributed by atoms with van der Waals surface area (Å²) in [5.41, 5.74) is 2.53. The highest BCUT2D eigenvalue weighted by atomic mass is 127. The number of fused-ring (bicyclic) bond motifs is 1. The van der Waals surface area contributed by atoms with Gasteiger partial charge in [-0.1, -0.05) is 0 Å². The summed E-state index contributed by atoms with van der Waals surface area (Å²) in [5, 5.41) is 7.13. The summed E-state index contributed by atoms with van der Waals surface area (Å²) in [6.07, 6.45) is 2.80. The topological polar surface area (TPSA) is 24.1 Å². The average Bonchev–Trinajstić information content (AvgIpc) is 3.00. The molecule has 0 spiro atoms. The van der Waals surface area contributed by atoms with E-state index in [1.54, 1.807) is 0 Å². The lowest BCUT2D eigenvalue weighted by atomic mass is 10.1. The highest BCUT2D eigenvalue weighted by Crippen LogP contribution is 2.38. The summed E-state index contributed by atoms with van der Waals surface area (Å²) in [4.78, 5) is 0. The number of hydrogen-bond acceptors (Lipinski definition) is 2. The Balaban J connectivity index is 1.86. The lowest BCUT2D eigenvalue weighted by Crippen LogP contribution is -2.34. The second kappa shape index (κ2) is 3.29. The van der Waals surface area contributed by atoms with Crippen LogP contribution in [0.2, 0.25) is 0 Å². The number of benzene rings is 1. The molecule has 1 unspecified atom stereocenters.